The SMILES string of the molecule is CCC(CSC)N(C)c1nc2c(cc1C(N)=NO)CCC2. The summed E-state index contributed by atoms with van der Waals surface area (Å²) < 4.78 is 0. The largest absolute Gasteiger partial charge is 0.409 e. The Balaban J connectivity index is 2.45. The van der Waals surface area contributed by atoms with E-state index in [1.54, 1.807) is 0 Å². The number of thioether (sulfide) groups is 1. The number of amidine groups is 1. The molecule has 0 saturated carbocycles. The van der Waals surface area contributed by atoms with Crippen LogP contribution in [-0.2, 0) is 12.8 Å². The zero-order valence-corrected chi connectivity index (χ0v) is 13.8. The molecule has 0 saturated heterocycles. The molecule has 1 aromatic heterocycles. The fourth-order valence-corrected chi connectivity index (χ4v) is 3.69. The first kappa shape index (κ1) is 15.9. The molecule has 21 heavy (non-hydrogen) atoms. The van der Waals surface area contributed by atoms with E-state index in [0.717, 1.165) is 48.5 Å². The summed E-state index contributed by atoms with van der Waals surface area (Å²) in [5.41, 5.74) is 8.99. The lowest BCUT2D eigenvalue weighted by Crippen LogP contribution is -2.36. The highest BCUT2D eigenvalue weighted by Gasteiger charge is 2.23. The molecule has 1 heterocycles. The molecule has 0 spiro atoms. The highest BCUT2D eigenvalue weighted by Crippen LogP contribution is 2.28. The Bertz CT molecular complexity index is 533. The lowest BCUT2D eigenvalue weighted by molar-refractivity contribution is 0.318. The maximum Gasteiger partial charge on any atom is 0.173 e. The van der Waals surface area contributed by atoms with Crippen LogP contribution in [0.25, 0.3) is 0 Å². The smallest absolute Gasteiger partial charge is 0.173 e. The number of nitrogens with zero attached hydrogens (tertiary/aromatic N) is 3. The molecule has 0 aliphatic heterocycles. The lowest BCUT2D eigenvalue weighted by atomic mass is 10.1. The van der Waals surface area contributed by atoms with Gasteiger partial charge in [-0.1, -0.05) is 12.1 Å². The molecule has 1 aromatic rings. The minimum atomic E-state index is 0.137. The van der Waals surface area contributed by atoms with Crippen molar-refractivity contribution in [2.45, 2.75) is 38.6 Å². The number of nitrogens with two attached hydrogens (primary N) is 1. The first-order valence-electron chi connectivity index (χ1n) is 7.34. The second kappa shape index (κ2) is 7.02. The number of aryl methyl sites for hydroxylation is 2. The summed E-state index contributed by atoms with van der Waals surface area (Å²) in [5, 5.41) is 12.2. The van der Waals surface area contributed by atoms with Gasteiger partial charge < -0.3 is 15.8 Å². The molecule has 1 aliphatic rings. The van der Waals surface area contributed by atoms with Gasteiger partial charge in [0.2, 0.25) is 0 Å². The van der Waals surface area contributed by atoms with Crippen molar-refractivity contribution in [2.24, 2.45) is 10.9 Å². The number of rotatable bonds is 6. The summed E-state index contributed by atoms with van der Waals surface area (Å²) in [6.07, 6.45) is 6.32. The second-order valence-electron chi connectivity index (χ2n) is 5.43. The molecule has 1 atom stereocenters. The summed E-state index contributed by atoms with van der Waals surface area (Å²) in [6.45, 7) is 2.17. The van der Waals surface area contributed by atoms with Gasteiger partial charge in [0.1, 0.15) is 5.82 Å². The van der Waals surface area contributed by atoms with Gasteiger partial charge in [0.05, 0.1) is 5.56 Å². The van der Waals surface area contributed by atoms with Crippen LogP contribution < -0.4 is 10.6 Å². The number of aromatic nitrogens is 1. The van der Waals surface area contributed by atoms with Crippen LogP contribution in [0.15, 0.2) is 11.2 Å². The van der Waals surface area contributed by atoms with Crippen LogP contribution in [0.1, 0.15) is 36.6 Å². The Morgan fingerprint density at radius 1 is 1.57 bits per heavy atom. The van der Waals surface area contributed by atoms with Crippen LogP contribution in [0.2, 0.25) is 0 Å². The van der Waals surface area contributed by atoms with E-state index in [4.69, 9.17) is 15.9 Å². The topological polar surface area (TPSA) is 74.7 Å². The molecule has 2 rings (SSSR count). The Hall–Kier alpha value is -1.43. The van der Waals surface area contributed by atoms with Crippen molar-refractivity contribution in [3.63, 3.8) is 0 Å². The predicted octanol–water partition coefficient (Wildman–Crippen LogP) is 2.24. The molecule has 0 radical (unpaired) electrons. The maximum absolute atomic E-state index is 9.05. The quantitative estimate of drug-likeness (QED) is 0.365. The van der Waals surface area contributed by atoms with Crippen LogP contribution in [0.4, 0.5) is 5.82 Å². The van der Waals surface area contributed by atoms with Gasteiger partial charge in [-0.3, -0.25) is 0 Å². The third kappa shape index (κ3) is 3.26. The van der Waals surface area contributed by atoms with Crippen LogP contribution in [-0.4, -0.2) is 41.1 Å². The van der Waals surface area contributed by atoms with Gasteiger partial charge in [-0.25, -0.2) is 4.98 Å². The highest BCUT2D eigenvalue weighted by molar-refractivity contribution is 7.98. The number of hydrogen-bond acceptors (Lipinski definition) is 5. The van der Waals surface area contributed by atoms with Crippen molar-refractivity contribution >= 4 is 23.4 Å². The number of oxime groups is 1. The highest BCUT2D eigenvalue weighted by atomic mass is 32.2. The summed E-state index contributed by atoms with van der Waals surface area (Å²) in [5.74, 6) is 1.99. The summed E-state index contributed by atoms with van der Waals surface area (Å²) >= 11 is 1.82. The van der Waals surface area contributed by atoms with E-state index in [1.165, 1.54) is 5.56 Å². The number of fused-ring (bicyclic) bond motifs is 1. The van der Waals surface area contributed by atoms with Crippen molar-refractivity contribution < 1.29 is 5.21 Å². The average molecular weight is 308 g/mol. The molecule has 0 amide bonds. The van der Waals surface area contributed by atoms with Gasteiger partial charge in [-0.15, -0.1) is 0 Å². The van der Waals surface area contributed by atoms with Crippen LogP contribution in [0.3, 0.4) is 0 Å². The van der Waals surface area contributed by atoms with Crippen molar-refractivity contribution in [3.05, 3.63) is 22.9 Å². The Kier molecular flexibility index (Phi) is 5.33. The van der Waals surface area contributed by atoms with Crippen molar-refractivity contribution in [1.29, 1.82) is 0 Å². The lowest BCUT2D eigenvalue weighted by Gasteiger charge is -2.29. The molecule has 3 N–H and O–H groups in total. The van der Waals surface area contributed by atoms with Gasteiger partial charge >= 0.3 is 0 Å². The van der Waals surface area contributed by atoms with E-state index in [1.807, 2.05) is 24.9 Å². The summed E-state index contributed by atoms with van der Waals surface area (Å²) in [6, 6.07) is 2.43. The van der Waals surface area contributed by atoms with E-state index in [0.29, 0.717) is 6.04 Å². The number of pyridine rings is 1. The van der Waals surface area contributed by atoms with E-state index < -0.39 is 0 Å². The fraction of sp³-hybridized carbons (Fsp3) is 0.600. The van der Waals surface area contributed by atoms with Crippen molar-refractivity contribution in [3.8, 4) is 0 Å². The number of hydrogen-bond donors (Lipinski definition) is 2. The summed E-state index contributed by atoms with van der Waals surface area (Å²) in [7, 11) is 2.04. The van der Waals surface area contributed by atoms with Gasteiger partial charge in [-0.2, -0.15) is 11.8 Å². The zero-order chi connectivity index (χ0) is 15.4. The minimum absolute atomic E-state index is 0.137. The third-order valence-corrected chi connectivity index (χ3v) is 4.84. The fourth-order valence-electron chi connectivity index (χ4n) is 2.84. The van der Waals surface area contributed by atoms with Crippen molar-refractivity contribution in [2.75, 3.05) is 24.0 Å². The normalized spacial score (nSPS) is 15.9. The summed E-state index contributed by atoms with van der Waals surface area (Å²) in [4.78, 5) is 6.99. The van der Waals surface area contributed by atoms with Crippen LogP contribution in [0.5, 0.6) is 0 Å². The van der Waals surface area contributed by atoms with E-state index >= 15 is 0 Å². The van der Waals surface area contributed by atoms with Gasteiger partial charge in [-0.05, 0) is 43.6 Å². The second-order valence-corrected chi connectivity index (χ2v) is 6.34. The Labute approximate surface area is 130 Å². The monoisotopic (exact) mass is 308 g/mol. The maximum atomic E-state index is 9.05. The minimum Gasteiger partial charge on any atom is -0.409 e. The van der Waals surface area contributed by atoms with Gasteiger partial charge in [0.25, 0.3) is 0 Å². The first-order valence-corrected chi connectivity index (χ1v) is 8.74. The average Bonchev–Trinajstić information content (AvgIpc) is 2.97. The van der Waals surface area contributed by atoms with Crippen molar-refractivity contribution in [1.82, 2.24) is 4.98 Å². The molecule has 116 valence electrons. The molecule has 6 heteroatoms. The predicted molar refractivity (Wildman–Crippen MR) is 89.6 cm³/mol. The van der Waals surface area contributed by atoms with E-state index in [-0.39, 0.29) is 5.84 Å². The van der Waals surface area contributed by atoms with Gasteiger partial charge in [0.15, 0.2) is 5.84 Å². The first-order chi connectivity index (χ1) is 10.1. The molecule has 0 fully saturated rings. The zero-order valence-electron chi connectivity index (χ0n) is 13.0. The standard InChI is InChI=1S/C15H24N4OS/c1-4-11(9-21-3)19(2)15-12(14(16)18-20)8-10-6-5-7-13(10)17-15/h8,11,20H,4-7,9H2,1-3H3,(H2,16,18). The molecule has 0 bridgehead atoms. The van der Waals surface area contributed by atoms with Gasteiger partial charge in [0, 0.05) is 24.5 Å². The molecular formula is C15H24N4OS. The molecule has 0 aromatic carbocycles. The van der Waals surface area contributed by atoms with Crippen LogP contribution >= 0.6 is 11.8 Å². The van der Waals surface area contributed by atoms with E-state index in [2.05, 4.69) is 23.2 Å². The molecule has 1 unspecified atom stereocenters. The van der Waals surface area contributed by atoms with Crippen LogP contribution in [0, 0.1) is 0 Å². The third-order valence-electron chi connectivity index (χ3n) is 4.13. The Morgan fingerprint density at radius 2 is 2.33 bits per heavy atom. The number of anilines is 1. The molecular weight excluding hydrogens is 284 g/mol. The Morgan fingerprint density at radius 3 is 2.95 bits per heavy atom. The molecule has 5 nitrogen and oxygen atoms in total. The van der Waals surface area contributed by atoms with E-state index in [9.17, 15) is 0 Å². The molecule has 1 aliphatic carbocycles.